The molecule has 0 radical (unpaired) electrons. The molecule has 6 heteroatoms. The van der Waals surface area contributed by atoms with E-state index in [-0.39, 0.29) is 24.3 Å². The highest BCUT2D eigenvalue weighted by atomic mass is 16.5. The van der Waals surface area contributed by atoms with Gasteiger partial charge in [-0.2, -0.15) is 0 Å². The number of hydrogen-bond donors (Lipinski definition) is 2. The summed E-state index contributed by atoms with van der Waals surface area (Å²) in [6, 6.07) is 9.18. The van der Waals surface area contributed by atoms with Crippen LogP contribution in [-0.4, -0.2) is 60.3 Å². The zero-order chi connectivity index (χ0) is 17.7. The second-order valence-corrected chi connectivity index (χ2v) is 7.00. The minimum atomic E-state index is -0.461. The van der Waals surface area contributed by atoms with E-state index in [9.17, 15) is 14.7 Å². The van der Waals surface area contributed by atoms with Gasteiger partial charge in [-0.3, -0.25) is 9.59 Å². The maximum atomic E-state index is 12.8. The Hall–Kier alpha value is -1.92. The Kier molecular flexibility index (Phi) is 5.71. The topological polar surface area (TPSA) is 78.9 Å². The highest BCUT2D eigenvalue weighted by Crippen LogP contribution is 2.25. The monoisotopic (exact) mass is 346 g/mol. The molecule has 2 N–H and O–H groups in total. The number of ether oxygens (including phenoxy) is 1. The van der Waals surface area contributed by atoms with Crippen molar-refractivity contribution in [1.29, 1.82) is 0 Å². The van der Waals surface area contributed by atoms with E-state index in [0.29, 0.717) is 38.3 Å². The van der Waals surface area contributed by atoms with E-state index in [1.807, 2.05) is 18.2 Å². The molecule has 2 aliphatic rings. The molecular weight excluding hydrogens is 320 g/mol. The summed E-state index contributed by atoms with van der Waals surface area (Å²) in [6.07, 6.45) is 2.82. The highest BCUT2D eigenvalue weighted by Gasteiger charge is 2.38. The molecule has 2 fully saturated rings. The maximum absolute atomic E-state index is 12.8. The van der Waals surface area contributed by atoms with Gasteiger partial charge in [0.25, 0.3) is 5.91 Å². The fraction of sp³-hybridized carbons (Fsp3) is 0.579. The van der Waals surface area contributed by atoms with Gasteiger partial charge in [0, 0.05) is 31.9 Å². The van der Waals surface area contributed by atoms with Crippen LogP contribution < -0.4 is 5.32 Å². The van der Waals surface area contributed by atoms with Gasteiger partial charge in [-0.05, 0) is 37.8 Å². The summed E-state index contributed by atoms with van der Waals surface area (Å²) in [7, 11) is 0. The summed E-state index contributed by atoms with van der Waals surface area (Å²) in [5.41, 5.74) is 0.196. The minimum Gasteiger partial charge on any atom is -0.396 e. The van der Waals surface area contributed by atoms with Crippen molar-refractivity contribution in [3.05, 3.63) is 35.9 Å². The molecule has 2 unspecified atom stereocenters. The fourth-order valence-corrected chi connectivity index (χ4v) is 3.68. The molecule has 0 saturated carbocycles. The largest absolute Gasteiger partial charge is 0.396 e. The number of aliphatic hydroxyl groups is 1. The first-order valence-electron chi connectivity index (χ1n) is 8.98. The van der Waals surface area contributed by atoms with Crippen LogP contribution >= 0.6 is 0 Å². The molecule has 1 aromatic rings. The van der Waals surface area contributed by atoms with Crippen molar-refractivity contribution in [3.63, 3.8) is 0 Å². The number of nitrogens with one attached hydrogen (secondary N) is 1. The van der Waals surface area contributed by atoms with E-state index in [1.165, 1.54) is 0 Å². The summed E-state index contributed by atoms with van der Waals surface area (Å²) in [4.78, 5) is 27.1. The molecule has 2 atom stereocenters. The van der Waals surface area contributed by atoms with Crippen molar-refractivity contribution >= 4 is 11.8 Å². The number of likely N-dealkylation sites (tertiary alicyclic amines) is 1. The van der Waals surface area contributed by atoms with Gasteiger partial charge in [-0.15, -0.1) is 0 Å². The average molecular weight is 346 g/mol. The highest BCUT2D eigenvalue weighted by molar-refractivity contribution is 5.94. The number of amides is 2. The Bertz CT molecular complexity index is 599. The van der Waals surface area contributed by atoms with E-state index in [1.54, 1.807) is 17.0 Å². The number of carbonyl (C=O) groups excluding carboxylic acids is 2. The summed E-state index contributed by atoms with van der Waals surface area (Å²) in [6.45, 7) is 2.19. The Morgan fingerprint density at radius 1 is 1.32 bits per heavy atom. The lowest BCUT2D eigenvalue weighted by Crippen LogP contribution is -2.54. The first kappa shape index (κ1) is 17.9. The molecule has 2 saturated heterocycles. The van der Waals surface area contributed by atoms with Gasteiger partial charge >= 0.3 is 0 Å². The molecule has 0 aliphatic carbocycles. The third-order valence-corrected chi connectivity index (χ3v) is 5.18. The molecule has 2 aliphatic heterocycles. The number of hydrogen-bond acceptors (Lipinski definition) is 4. The molecule has 136 valence electrons. The first-order chi connectivity index (χ1) is 12.1. The fourth-order valence-electron chi connectivity index (χ4n) is 3.68. The van der Waals surface area contributed by atoms with Crippen LogP contribution in [-0.2, 0) is 9.53 Å². The van der Waals surface area contributed by atoms with Crippen LogP contribution in [0.1, 0.15) is 36.0 Å². The third kappa shape index (κ3) is 4.19. The number of piperidine rings is 1. The number of rotatable bonds is 5. The zero-order valence-corrected chi connectivity index (χ0v) is 14.4. The van der Waals surface area contributed by atoms with Crippen LogP contribution in [0.5, 0.6) is 0 Å². The lowest BCUT2D eigenvalue weighted by molar-refractivity contribution is -0.128. The van der Waals surface area contributed by atoms with E-state index < -0.39 is 5.54 Å². The number of benzene rings is 1. The second-order valence-electron chi connectivity index (χ2n) is 7.00. The smallest absolute Gasteiger partial charge is 0.253 e. The van der Waals surface area contributed by atoms with Gasteiger partial charge < -0.3 is 20.1 Å². The van der Waals surface area contributed by atoms with Gasteiger partial charge in [-0.25, -0.2) is 0 Å². The molecule has 0 bridgehead atoms. The van der Waals surface area contributed by atoms with Gasteiger partial charge in [0.15, 0.2) is 0 Å². The molecule has 1 aromatic carbocycles. The normalized spacial score (nSPS) is 26.4. The van der Waals surface area contributed by atoms with Crippen molar-refractivity contribution in [2.75, 3.05) is 32.9 Å². The van der Waals surface area contributed by atoms with Crippen molar-refractivity contribution in [3.8, 4) is 0 Å². The molecule has 2 heterocycles. The van der Waals surface area contributed by atoms with Gasteiger partial charge in [0.2, 0.25) is 5.91 Å². The predicted octanol–water partition coefficient (Wildman–Crippen LogP) is 1.20. The van der Waals surface area contributed by atoms with Crippen molar-refractivity contribution < 1.29 is 19.4 Å². The van der Waals surface area contributed by atoms with Gasteiger partial charge in [-0.1, -0.05) is 18.2 Å². The van der Waals surface area contributed by atoms with Crippen LogP contribution in [0, 0.1) is 5.92 Å². The molecule has 2 amide bonds. The average Bonchev–Trinajstić information content (AvgIpc) is 3.10. The molecular formula is C19H26N2O4. The van der Waals surface area contributed by atoms with Crippen LogP contribution in [0.4, 0.5) is 0 Å². The Morgan fingerprint density at radius 3 is 2.80 bits per heavy atom. The van der Waals surface area contributed by atoms with E-state index in [0.717, 1.165) is 19.3 Å². The Labute approximate surface area is 148 Å². The zero-order valence-electron chi connectivity index (χ0n) is 14.4. The Morgan fingerprint density at radius 2 is 2.12 bits per heavy atom. The molecule has 3 rings (SSSR count). The van der Waals surface area contributed by atoms with Crippen LogP contribution in [0.25, 0.3) is 0 Å². The first-order valence-corrected chi connectivity index (χ1v) is 8.98. The summed E-state index contributed by atoms with van der Waals surface area (Å²) in [5.74, 6) is -0.269. The standard InChI is InChI=1S/C19H26N2O4/c22-11-8-19(9-12-25-14-19)20-17(23)16-7-4-10-21(13-16)18(24)15-5-2-1-3-6-15/h1-3,5-6,16,22H,4,7-14H2,(H,20,23). The van der Waals surface area contributed by atoms with Crippen LogP contribution in [0.2, 0.25) is 0 Å². The Balaban J connectivity index is 1.62. The summed E-state index contributed by atoms with van der Waals surface area (Å²) < 4.78 is 5.43. The van der Waals surface area contributed by atoms with E-state index >= 15 is 0 Å². The SMILES string of the molecule is O=C(NC1(CCO)CCOC1)C1CCCN(C(=O)c2ccccc2)C1. The third-order valence-electron chi connectivity index (χ3n) is 5.18. The predicted molar refractivity (Wildman–Crippen MR) is 93.1 cm³/mol. The van der Waals surface area contributed by atoms with Crippen LogP contribution in [0.3, 0.4) is 0 Å². The molecule has 25 heavy (non-hydrogen) atoms. The summed E-state index contributed by atoms with van der Waals surface area (Å²) in [5, 5.41) is 12.4. The molecule has 0 aromatic heterocycles. The van der Waals surface area contributed by atoms with E-state index in [2.05, 4.69) is 5.32 Å². The number of nitrogens with zero attached hydrogens (tertiary/aromatic N) is 1. The van der Waals surface area contributed by atoms with Gasteiger partial charge in [0.05, 0.1) is 18.1 Å². The lowest BCUT2D eigenvalue weighted by Gasteiger charge is -2.35. The minimum absolute atomic E-state index is 0.0208. The number of aliphatic hydroxyl groups excluding tert-OH is 1. The lowest BCUT2D eigenvalue weighted by atomic mass is 9.91. The van der Waals surface area contributed by atoms with Crippen molar-refractivity contribution in [1.82, 2.24) is 10.2 Å². The van der Waals surface area contributed by atoms with Gasteiger partial charge in [0.1, 0.15) is 0 Å². The molecule has 6 nitrogen and oxygen atoms in total. The van der Waals surface area contributed by atoms with Crippen molar-refractivity contribution in [2.45, 2.75) is 31.2 Å². The van der Waals surface area contributed by atoms with Crippen LogP contribution in [0.15, 0.2) is 30.3 Å². The maximum Gasteiger partial charge on any atom is 0.253 e. The quantitative estimate of drug-likeness (QED) is 0.840. The number of carbonyl (C=O) groups is 2. The summed E-state index contributed by atoms with van der Waals surface area (Å²) >= 11 is 0. The molecule has 0 spiro atoms. The van der Waals surface area contributed by atoms with E-state index in [4.69, 9.17) is 4.74 Å². The second kappa shape index (κ2) is 7.97. The van der Waals surface area contributed by atoms with Crippen molar-refractivity contribution in [2.24, 2.45) is 5.92 Å².